The summed E-state index contributed by atoms with van der Waals surface area (Å²) in [4.78, 5) is 13.3. The summed E-state index contributed by atoms with van der Waals surface area (Å²) in [6, 6.07) is 13.9. The van der Waals surface area contributed by atoms with Gasteiger partial charge in [0.1, 0.15) is 23.9 Å². The van der Waals surface area contributed by atoms with Crippen LogP contribution in [-0.2, 0) is 13.1 Å². The first-order valence-corrected chi connectivity index (χ1v) is 9.31. The molecular formula is C21H22N6O. The van der Waals surface area contributed by atoms with Gasteiger partial charge in [-0.3, -0.25) is 4.98 Å². The van der Waals surface area contributed by atoms with Crippen LogP contribution in [0.4, 0.5) is 0 Å². The molecule has 0 aliphatic heterocycles. The van der Waals surface area contributed by atoms with E-state index in [1.165, 1.54) is 0 Å². The van der Waals surface area contributed by atoms with Crippen LogP contribution >= 0.6 is 0 Å². The zero-order valence-electron chi connectivity index (χ0n) is 15.9. The third kappa shape index (κ3) is 3.64. The summed E-state index contributed by atoms with van der Waals surface area (Å²) < 4.78 is 9.97. The Bertz CT molecular complexity index is 1030. The number of aromatic nitrogens is 6. The zero-order chi connectivity index (χ0) is 19.3. The van der Waals surface area contributed by atoms with Crippen molar-refractivity contribution in [3.8, 4) is 28.5 Å². The molecule has 3 heterocycles. The molecule has 0 aliphatic rings. The first-order valence-electron chi connectivity index (χ1n) is 9.31. The maximum Gasteiger partial charge on any atom is 0.177 e. The lowest BCUT2D eigenvalue weighted by atomic mass is 10.1. The van der Waals surface area contributed by atoms with Crippen molar-refractivity contribution in [1.82, 2.24) is 29.3 Å². The Morgan fingerprint density at radius 3 is 2.68 bits per heavy atom. The fraction of sp³-hybridized carbons (Fsp3) is 0.238. The number of hydrogen-bond donors (Lipinski definition) is 0. The second-order valence-electron chi connectivity index (χ2n) is 6.48. The Labute approximate surface area is 163 Å². The summed E-state index contributed by atoms with van der Waals surface area (Å²) in [6.07, 6.45) is 6.80. The summed E-state index contributed by atoms with van der Waals surface area (Å²) in [6.45, 7) is 5.44. The average molecular weight is 374 g/mol. The highest BCUT2D eigenvalue weighted by atomic mass is 16.5. The van der Waals surface area contributed by atoms with Crippen LogP contribution in [-0.4, -0.2) is 35.4 Å². The number of imidazole rings is 1. The van der Waals surface area contributed by atoms with Crippen molar-refractivity contribution in [2.75, 3.05) is 0 Å². The number of ether oxygens (including phenoxy) is 1. The number of aryl methyl sites for hydroxylation is 1. The predicted molar refractivity (Wildman–Crippen MR) is 107 cm³/mol. The van der Waals surface area contributed by atoms with Crippen molar-refractivity contribution < 1.29 is 4.74 Å². The Morgan fingerprint density at radius 1 is 1.07 bits per heavy atom. The standard InChI is InChI=1S/C21H22N6O/c1-3-27-21(23-14-25-27)20-19(17-8-5-4-6-9-17)24-15-26(20)13-16(2)28-18-10-7-11-22-12-18/h4-12,14-16H,3,13H2,1-2H3/t16-/m1/s1. The van der Waals surface area contributed by atoms with Gasteiger partial charge in [0.15, 0.2) is 5.82 Å². The van der Waals surface area contributed by atoms with Crippen LogP contribution in [0, 0.1) is 0 Å². The molecule has 0 unspecified atom stereocenters. The lowest BCUT2D eigenvalue weighted by Gasteiger charge is -2.17. The Kier molecular flexibility index (Phi) is 5.14. The largest absolute Gasteiger partial charge is 0.487 e. The van der Waals surface area contributed by atoms with Crippen molar-refractivity contribution in [1.29, 1.82) is 0 Å². The topological polar surface area (TPSA) is 70.7 Å². The van der Waals surface area contributed by atoms with Gasteiger partial charge in [-0.2, -0.15) is 5.10 Å². The van der Waals surface area contributed by atoms with Crippen molar-refractivity contribution in [3.63, 3.8) is 0 Å². The smallest absolute Gasteiger partial charge is 0.177 e. The average Bonchev–Trinajstić information content (AvgIpc) is 3.35. The second-order valence-corrected chi connectivity index (χ2v) is 6.48. The summed E-state index contributed by atoms with van der Waals surface area (Å²) >= 11 is 0. The van der Waals surface area contributed by atoms with E-state index >= 15 is 0 Å². The normalized spacial score (nSPS) is 12.1. The van der Waals surface area contributed by atoms with Gasteiger partial charge in [0.2, 0.25) is 0 Å². The third-order valence-electron chi connectivity index (χ3n) is 4.44. The quantitative estimate of drug-likeness (QED) is 0.493. The maximum atomic E-state index is 6.01. The number of rotatable bonds is 7. The summed E-state index contributed by atoms with van der Waals surface area (Å²) in [5.74, 6) is 1.55. The van der Waals surface area contributed by atoms with Gasteiger partial charge in [0, 0.05) is 18.3 Å². The van der Waals surface area contributed by atoms with E-state index in [1.807, 2.05) is 48.3 Å². The SMILES string of the molecule is CCn1ncnc1-c1c(-c2ccccc2)ncn1C[C@@H](C)Oc1cccnc1. The number of benzene rings is 1. The van der Waals surface area contributed by atoms with E-state index in [2.05, 4.69) is 38.7 Å². The van der Waals surface area contributed by atoms with Gasteiger partial charge in [-0.25, -0.2) is 14.6 Å². The molecular weight excluding hydrogens is 352 g/mol. The molecule has 1 aromatic carbocycles. The molecule has 0 amide bonds. The molecule has 0 saturated carbocycles. The fourth-order valence-electron chi connectivity index (χ4n) is 3.20. The van der Waals surface area contributed by atoms with E-state index in [0.717, 1.165) is 35.1 Å². The van der Waals surface area contributed by atoms with E-state index in [4.69, 9.17) is 9.72 Å². The van der Waals surface area contributed by atoms with Gasteiger partial charge in [0.05, 0.1) is 24.8 Å². The van der Waals surface area contributed by atoms with Gasteiger partial charge in [-0.1, -0.05) is 30.3 Å². The minimum atomic E-state index is -0.0706. The minimum Gasteiger partial charge on any atom is -0.487 e. The van der Waals surface area contributed by atoms with Crippen molar-refractivity contribution in [3.05, 3.63) is 67.5 Å². The van der Waals surface area contributed by atoms with Gasteiger partial charge in [0.25, 0.3) is 0 Å². The Hall–Kier alpha value is -3.48. The molecule has 1 atom stereocenters. The maximum absolute atomic E-state index is 6.01. The molecule has 0 saturated heterocycles. The fourth-order valence-corrected chi connectivity index (χ4v) is 3.20. The van der Waals surface area contributed by atoms with Crippen molar-refractivity contribution in [2.24, 2.45) is 0 Å². The molecule has 4 rings (SSSR count). The molecule has 28 heavy (non-hydrogen) atoms. The molecule has 0 aliphatic carbocycles. The van der Waals surface area contributed by atoms with E-state index in [1.54, 1.807) is 18.7 Å². The van der Waals surface area contributed by atoms with Crippen LogP contribution in [0.2, 0.25) is 0 Å². The Morgan fingerprint density at radius 2 is 1.93 bits per heavy atom. The van der Waals surface area contributed by atoms with E-state index < -0.39 is 0 Å². The Balaban J connectivity index is 1.70. The molecule has 3 aromatic heterocycles. The summed E-state index contributed by atoms with van der Waals surface area (Å²) in [5.41, 5.74) is 2.87. The van der Waals surface area contributed by atoms with Crippen LogP contribution in [0.1, 0.15) is 13.8 Å². The highest BCUT2D eigenvalue weighted by molar-refractivity contribution is 5.75. The first-order chi connectivity index (χ1) is 13.8. The van der Waals surface area contributed by atoms with Gasteiger partial charge >= 0.3 is 0 Å². The van der Waals surface area contributed by atoms with Crippen LogP contribution in [0.5, 0.6) is 5.75 Å². The van der Waals surface area contributed by atoms with Gasteiger partial charge in [-0.15, -0.1) is 0 Å². The molecule has 142 valence electrons. The monoisotopic (exact) mass is 374 g/mol. The van der Waals surface area contributed by atoms with Crippen molar-refractivity contribution >= 4 is 0 Å². The third-order valence-corrected chi connectivity index (χ3v) is 4.44. The minimum absolute atomic E-state index is 0.0706. The van der Waals surface area contributed by atoms with Crippen LogP contribution in [0.3, 0.4) is 0 Å². The second kappa shape index (κ2) is 8.04. The zero-order valence-corrected chi connectivity index (χ0v) is 15.9. The summed E-state index contributed by atoms with van der Waals surface area (Å²) in [5, 5.41) is 4.34. The predicted octanol–water partition coefficient (Wildman–Crippen LogP) is 3.69. The number of pyridine rings is 1. The number of hydrogen-bond acceptors (Lipinski definition) is 5. The van der Waals surface area contributed by atoms with Crippen LogP contribution in [0.25, 0.3) is 22.8 Å². The van der Waals surface area contributed by atoms with Crippen molar-refractivity contribution in [2.45, 2.75) is 33.0 Å². The molecule has 4 aromatic rings. The van der Waals surface area contributed by atoms with Gasteiger partial charge < -0.3 is 9.30 Å². The molecule has 0 N–H and O–H groups in total. The van der Waals surface area contributed by atoms with E-state index in [9.17, 15) is 0 Å². The molecule has 7 heteroatoms. The lowest BCUT2D eigenvalue weighted by Crippen LogP contribution is -2.20. The van der Waals surface area contributed by atoms with Crippen LogP contribution in [0.15, 0.2) is 67.5 Å². The number of nitrogens with zero attached hydrogens (tertiary/aromatic N) is 6. The van der Waals surface area contributed by atoms with Gasteiger partial charge in [-0.05, 0) is 26.0 Å². The molecule has 7 nitrogen and oxygen atoms in total. The summed E-state index contributed by atoms with van der Waals surface area (Å²) in [7, 11) is 0. The van der Waals surface area contributed by atoms with E-state index in [0.29, 0.717) is 6.54 Å². The first kappa shape index (κ1) is 17.9. The molecule has 0 fully saturated rings. The van der Waals surface area contributed by atoms with E-state index in [-0.39, 0.29) is 6.10 Å². The van der Waals surface area contributed by atoms with Crippen LogP contribution < -0.4 is 4.74 Å². The molecule has 0 spiro atoms. The molecule has 0 radical (unpaired) electrons. The lowest BCUT2D eigenvalue weighted by molar-refractivity contribution is 0.199. The highest BCUT2D eigenvalue weighted by Gasteiger charge is 2.21. The highest BCUT2D eigenvalue weighted by Crippen LogP contribution is 2.30. The molecule has 0 bridgehead atoms.